The first kappa shape index (κ1) is 37.8. The lowest BCUT2D eigenvalue weighted by molar-refractivity contribution is 0.0962. The molecule has 234 valence electrons. The van der Waals surface area contributed by atoms with Crippen LogP contribution in [-0.4, -0.2) is 27.2 Å². The molecule has 2 aromatic rings. The second kappa shape index (κ2) is 19.1. The second-order valence-electron chi connectivity index (χ2n) is 9.13. The maximum atomic E-state index is 13.5. The number of amides is 1. The van der Waals surface area contributed by atoms with E-state index in [0.29, 0.717) is 24.2 Å². The van der Waals surface area contributed by atoms with Gasteiger partial charge >= 0.3 is 0 Å². The number of hydrogen-bond donors (Lipinski definition) is 2. The number of rotatable bonds is 14. The lowest BCUT2D eigenvalue weighted by Gasteiger charge is -2.12. The fraction of sp³-hybridized carbons (Fsp3) is 0.242. The number of pyridine rings is 1. The van der Waals surface area contributed by atoms with Crippen molar-refractivity contribution < 1.29 is 18.3 Å². The van der Waals surface area contributed by atoms with Crippen molar-refractivity contribution in [2.45, 2.75) is 47.0 Å². The molecule has 0 saturated heterocycles. The summed E-state index contributed by atoms with van der Waals surface area (Å²) in [5.41, 5.74) is 3.25. The topological polar surface area (TPSA) is 71.8 Å². The summed E-state index contributed by atoms with van der Waals surface area (Å²) in [4.78, 5) is 17.2. The average Bonchev–Trinajstić information content (AvgIpc) is 3.44. The lowest BCUT2D eigenvalue weighted by atomic mass is 10.0. The van der Waals surface area contributed by atoms with E-state index in [1.165, 1.54) is 18.5 Å². The van der Waals surface area contributed by atoms with Gasteiger partial charge in [0, 0.05) is 30.2 Å². The Morgan fingerprint density at radius 2 is 1.95 bits per heavy atom. The highest BCUT2D eigenvalue weighted by molar-refractivity contribution is 6.32. The van der Waals surface area contributed by atoms with Crippen molar-refractivity contribution in [2.75, 3.05) is 6.54 Å². The molecular weight excluding hydrogens is 610 g/mol. The van der Waals surface area contributed by atoms with Crippen LogP contribution in [0.2, 0.25) is 5.02 Å². The standard InChI is InChI=1S/C33H35Cl2F2N5O.FH/c1-7-12-25(18-22(5)20-39-23(6)15-16-24(9-3)10-4)26(13-8-2)28(35)21-40-33(43)30-19-29(31(36)37)41-42(30)32-27(34)14-11-17-38-32;/h3,10-19,21,31,39H,6-8,20H2,1-2,4-5H3,(H,40,43);1H/b16-15-,22-18+,24-10-,25-12-,26-13+,28-21-;. The van der Waals surface area contributed by atoms with Crippen molar-refractivity contribution >= 4 is 29.1 Å². The van der Waals surface area contributed by atoms with E-state index >= 15 is 0 Å². The SMILES string of the molecule is C#CC(/C=C\C(=C)NC/C(C)=C/C(=C/CC)C(=C\CC)/C(Cl)=C/NC(=O)c1cc(C(F)F)nn1-c1ncccc1Cl)=C/C.F. The third-order valence-electron chi connectivity index (χ3n) is 5.79. The number of carbonyl (C=O) groups excluding carboxylic acids is 1. The number of hydrogen-bond acceptors (Lipinski definition) is 4. The van der Waals surface area contributed by atoms with Crippen LogP contribution in [-0.2, 0) is 0 Å². The highest BCUT2D eigenvalue weighted by Gasteiger charge is 2.22. The minimum atomic E-state index is -2.90. The van der Waals surface area contributed by atoms with Gasteiger partial charge < -0.3 is 10.6 Å². The van der Waals surface area contributed by atoms with Crippen molar-refractivity contribution in [1.29, 1.82) is 0 Å². The van der Waals surface area contributed by atoms with Crippen molar-refractivity contribution in [3.05, 3.63) is 123 Å². The number of allylic oxidation sites excluding steroid dienone is 10. The van der Waals surface area contributed by atoms with Crippen molar-refractivity contribution in [3.8, 4) is 18.2 Å². The fourth-order valence-electron chi connectivity index (χ4n) is 3.71. The molecule has 11 heteroatoms. The Morgan fingerprint density at radius 1 is 1.25 bits per heavy atom. The first-order valence-electron chi connectivity index (χ1n) is 13.5. The molecule has 44 heavy (non-hydrogen) atoms. The Kier molecular flexibility index (Phi) is 16.4. The molecule has 2 N–H and O–H groups in total. The van der Waals surface area contributed by atoms with E-state index in [-0.39, 0.29) is 26.3 Å². The van der Waals surface area contributed by atoms with Crippen LogP contribution in [0.4, 0.5) is 13.5 Å². The first-order chi connectivity index (χ1) is 20.6. The molecule has 2 heterocycles. The number of alkyl halides is 2. The zero-order chi connectivity index (χ0) is 31.9. The summed E-state index contributed by atoms with van der Waals surface area (Å²) in [5.74, 6) is 1.91. The molecule has 0 unspecified atom stereocenters. The van der Waals surface area contributed by atoms with E-state index in [9.17, 15) is 13.6 Å². The Bertz CT molecular complexity index is 1540. The largest absolute Gasteiger partial charge is 0.382 e. The summed E-state index contributed by atoms with van der Waals surface area (Å²) in [6.45, 7) is 12.3. The molecule has 0 saturated carbocycles. The van der Waals surface area contributed by atoms with Gasteiger partial charge in [0.25, 0.3) is 12.3 Å². The van der Waals surface area contributed by atoms with Gasteiger partial charge in [-0.15, -0.1) is 6.42 Å². The lowest BCUT2D eigenvalue weighted by Crippen LogP contribution is -2.22. The van der Waals surface area contributed by atoms with Gasteiger partial charge in [-0.2, -0.15) is 5.10 Å². The summed E-state index contributed by atoms with van der Waals surface area (Å²) < 4.78 is 27.9. The molecule has 0 aromatic carbocycles. The van der Waals surface area contributed by atoms with E-state index in [2.05, 4.69) is 33.2 Å². The monoisotopic (exact) mass is 645 g/mol. The molecule has 0 fully saturated rings. The van der Waals surface area contributed by atoms with Crippen LogP contribution in [0.1, 0.15) is 63.1 Å². The summed E-state index contributed by atoms with van der Waals surface area (Å²) in [5, 5.41) is 10.1. The molecule has 0 radical (unpaired) electrons. The van der Waals surface area contributed by atoms with Crippen molar-refractivity contribution in [1.82, 2.24) is 25.4 Å². The van der Waals surface area contributed by atoms with E-state index < -0.39 is 18.0 Å². The minimum Gasteiger partial charge on any atom is -0.382 e. The van der Waals surface area contributed by atoms with Crippen LogP contribution < -0.4 is 10.6 Å². The summed E-state index contributed by atoms with van der Waals surface area (Å²) in [6.07, 6.45) is 18.1. The summed E-state index contributed by atoms with van der Waals surface area (Å²) in [7, 11) is 0. The Labute approximate surface area is 267 Å². The molecule has 0 aliphatic rings. The van der Waals surface area contributed by atoms with Crippen LogP contribution >= 0.6 is 23.2 Å². The van der Waals surface area contributed by atoms with Crippen LogP contribution in [0.25, 0.3) is 5.82 Å². The average molecular weight is 647 g/mol. The molecule has 2 aromatic heterocycles. The van der Waals surface area contributed by atoms with Crippen molar-refractivity contribution in [3.63, 3.8) is 0 Å². The van der Waals surface area contributed by atoms with Gasteiger partial charge in [0.15, 0.2) is 5.82 Å². The number of carbonyl (C=O) groups is 1. The van der Waals surface area contributed by atoms with Gasteiger partial charge in [-0.25, -0.2) is 18.4 Å². The smallest absolute Gasteiger partial charge is 0.282 e. The number of nitrogens with zero attached hydrogens (tertiary/aromatic N) is 3. The first-order valence-corrected chi connectivity index (χ1v) is 14.3. The van der Waals surface area contributed by atoms with Gasteiger partial charge in [-0.1, -0.05) is 79.4 Å². The van der Waals surface area contributed by atoms with E-state index in [0.717, 1.165) is 33.9 Å². The number of nitrogens with one attached hydrogen (secondary N) is 2. The number of aromatic nitrogens is 3. The van der Waals surface area contributed by atoms with Gasteiger partial charge in [-0.05, 0) is 68.2 Å². The molecule has 2 rings (SSSR count). The Morgan fingerprint density at radius 3 is 2.55 bits per heavy atom. The predicted molar refractivity (Wildman–Crippen MR) is 175 cm³/mol. The third kappa shape index (κ3) is 11.1. The maximum absolute atomic E-state index is 13.5. The Hall–Kier alpha value is -4.26. The molecular formula is C33H36Cl2F3N5O. The number of terminal acetylenes is 1. The highest BCUT2D eigenvalue weighted by atomic mass is 35.5. The van der Waals surface area contributed by atoms with E-state index in [1.807, 2.05) is 64.2 Å². The van der Waals surface area contributed by atoms with Crippen LogP contribution in [0.15, 0.2) is 107 Å². The summed E-state index contributed by atoms with van der Waals surface area (Å²) in [6, 6.07) is 4.09. The van der Waals surface area contributed by atoms with Gasteiger partial charge in [-0.3, -0.25) is 9.50 Å². The normalized spacial score (nSPS) is 13.1. The van der Waals surface area contributed by atoms with Crippen LogP contribution in [0.3, 0.4) is 0 Å². The molecule has 0 atom stereocenters. The van der Waals surface area contributed by atoms with E-state index in [4.69, 9.17) is 29.6 Å². The molecule has 0 aliphatic carbocycles. The van der Waals surface area contributed by atoms with E-state index in [1.54, 1.807) is 6.07 Å². The van der Waals surface area contributed by atoms with Gasteiger partial charge in [0.2, 0.25) is 0 Å². The zero-order valence-corrected chi connectivity index (χ0v) is 26.5. The van der Waals surface area contributed by atoms with Crippen molar-refractivity contribution in [2.24, 2.45) is 0 Å². The Balaban J connectivity index is 0.00000968. The van der Waals surface area contributed by atoms with Crippen LogP contribution in [0.5, 0.6) is 0 Å². The summed E-state index contributed by atoms with van der Waals surface area (Å²) >= 11 is 12.9. The molecule has 0 spiro atoms. The fourth-order valence-corrected chi connectivity index (χ4v) is 4.16. The number of halogens is 5. The zero-order valence-electron chi connectivity index (χ0n) is 25.0. The molecule has 0 bridgehead atoms. The quantitative estimate of drug-likeness (QED) is 0.159. The molecule has 1 amide bonds. The minimum absolute atomic E-state index is 0. The highest BCUT2D eigenvalue weighted by Crippen LogP contribution is 2.27. The maximum Gasteiger partial charge on any atom is 0.282 e. The molecule has 0 aliphatic heterocycles. The van der Waals surface area contributed by atoms with Gasteiger partial charge in [0.1, 0.15) is 11.4 Å². The second-order valence-corrected chi connectivity index (χ2v) is 9.94. The molecule has 6 nitrogen and oxygen atoms in total. The van der Waals surface area contributed by atoms with Gasteiger partial charge in [0.05, 0.1) is 10.1 Å². The predicted octanol–water partition coefficient (Wildman–Crippen LogP) is 8.68. The third-order valence-corrected chi connectivity index (χ3v) is 6.40. The van der Waals surface area contributed by atoms with Crippen LogP contribution in [0, 0.1) is 12.3 Å².